The lowest BCUT2D eigenvalue weighted by Crippen LogP contribution is -2.12. The lowest BCUT2D eigenvalue weighted by molar-refractivity contribution is 0.487. The van der Waals surface area contributed by atoms with Crippen LogP contribution in [0, 0.1) is 0 Å². The standard InChI is InChI=1S/C12H12ClNO/c13-10-5-3-9(4-6-10)11(8-14)12-2-1-7-15-12/h1-7,11H,8,14H2. The van der Waals surface area contributed by atoms with Crippen molar-refractivity contribution >= 4 is 11.6 Å². The maximum atomic E-state index is 5.83. The molecule has 0 fully saturated rings. The van der Waals surface area contributed by atoms with Gasteiger partial charge < -0.3 is 10.2 Å². The van der Waals surface area contributed by atoms with Gasteiger partial charge in [0.05, 0.1) is 12.2 Å². The van der Waals surface area contributed by atoms with E-state index in [9.17, 15) is 0 Å². The number of hydrogen-bond acceptors (Lipinski definition) is 2. The van der Waals surface area contributed by atoms with E-state index in [1.807, 2.05) is 36.4 Å². The van der Waals surface area contributed by atoms with Crippen LogP contribution in [0.15, 0.2) is 47.1 Å². The van der Waals surface area contributed by atoms with Crippen LogP contribution < -0.4 is 5.73 Å². The summed E-state index contributed by atoms with van der Waals surface area (Å²) in [6.07, 6.45) is 1.66. The molecule has 0 bridgehead atoms. The van der Waals surface area contributed by atoms with Gasteiger partial charge in [-0.15, -0.1) is 0 Å². The maximum absolute atomic E-state index is 5.83. The summed E-state index contributed by atoms with van der Waals surface area (Å²) in [5.41, 5.74) is 6.86. The lowest BCUT2D eigenvalue weighted by Gasteiger charge is -2.12. The molecule has 2 aromatic rings. The van der Waals surface area contributed by atoms with Crippen molar-refractivity contribution in [3.8, 4) is 0 Å². The van der Waals surface area contributed by atoms with Crippen molar-refractivity contribution in [2.45, 2.75) is 5.92 Å². The van der Waals surface area contributed by atoms with E-state index in [1.54, 1.807) is 6.26 Å². The Morgan fingerprint density at radius 1 is 1.20 bits per heavy atom. The van der Waals surface area contributed by atoms with E-state index in [2.05, 4.69) is 0 Å². The van der Waals surface area contributed by atoms with Crippen molar-refractivity contribution in [3.05, 3.63) is 59.0 Å². The third-order valence-corrected chi connectivity index (χ3v) is 2.65. The topological polar surface area (TPSA) is 39.2 Å². The molecule has 0 spiro atoms. The molecule has 78 valence electrons. The van der Waals surface area contributed by atoms with Crippen LogP contribution in [0.3, 0.4) is 0 Å². The zero-order chi connectivity index (χ0) is 10.7. The van der Waals surface area contributed by atoms with E-state index in [4.69, 9.17) is 21.8 Å². The van der Waals surface area contributed by atoms with Crippen molar-refractivity contribution in [1.82, 2.24) is 0 Å². The Morgan fingerprint density at radius 2 is 1.93 bits per heavy atom. The maximum Gasteiger partial charge on any atom is 0.112 e. The quantitative estimate of drug-likeness (QED) is 0.866. The molecule has 0 aliphatic carbocycles. The first-order chi connectivity index (χ1) is 7.31. The van der Waals surface area contributed by atoms with E-state index in [0.29, 0.717) is 6.54 Å². The van der Waals surface area contributed by atoms with Gasteiger partial charge in [-0.3, -0.25) is 0 Å². The van der Waals surface area contributed by atoms with Crippen molar-refractivity contribution < 1.29 is 4.42 Å². The highest BCUT2D eigenvalue weighted by atomic mass is 35.5. The van der Waals surface area contributed by atoms with E-state index >= 15 is 0 Å². The van der Waals surface area contributed by atoms with Gasteiger partial charge >= 0.3 is 0 Å². The van der Waals surface area contributed by atoms with Gasteiger partial charge in [0, 0.05) is 11.6 Å². The fraction of sp³-hybridized carbons (Fsp3) is 0.167. The number of furan rings is 1. The highest BCUT2D eigenvalue weighted by Gasteiger charge is 2.14. The van der Waals surface area contributed by atoms with Crippen molar-refractivity contribution in [2.24, 2.45) is 5.73 Å². The summed E-state index contributed by atoms with van der Waals surface area (Å²) in [6, 6.07) is 11.5. The predicted octanol–water partition coefficient (Wildman–Crippen LogP) is 3.02. The Bertz CT molecular complexity index is 408. The van der Waals surface area contributed by atoms with Crippen molar-refractivity contribution in [3.63, 3.8) is 0 Å². The summed E-state index contributed by atoms with van der Waals surface area (Å²) >= 11 is 5.83. The zero-order valence-corrected chi connectivity index (χ0v) is 8.95. The molecule has 0 aliphatic heterocycles. The zero-order valence-electron chi connectivity index (χ0n) is 8.19. The first kappa shape index (κ1) is 10.3. The Morgan fingerprint density at radius 3 is 2.47 bits per heavy atom. The van der Waals surface area contributed by atoms with Crippen LogP contribution in [0.2, 0.25) is 5.02 Å². The summed E-state index contributed by atoms with van der Waals surface area (Å²) in [5, 5.41) is 0.731. The molecule has 0 aliphatic rings. The van der Waals surface area contributed by atoms with Gasteiger partial charge in [-0.05, 0) is 29.8 Å². The number of hydrogen-bond donors (Lipinski definition) is 1. The SMILES string of the molecule is NCC(c1ccc(Cl)cc1)c1ccco1. The molecule has 0 saturated carbocycles. The summed E-state index contributed by atoms with van der Waals surface area (Å²) in [5.74, 6) is 0.997. The smallest absolute Gasteiger partial charge is 0.112 e. The minimum Gasteiger partial charge on any atom is -0.469 e. The van der Waals surface area contributed by atoms with E-state index in [0.717, 1.165) is 16.3 Å². The van der Waals surface area contributed by atoms with Crippen LogP contribution in [0.25, 0.3) is 0 Å². The predicted molar refractivity (Wildman–Crippen MR) is 61.1 cm³/mol. The number of halogens is 1. The molecule has 1 atom stereocenters. The molecule has 1 aromatic heterocycles. The Hall–Kier alpha value is -1.25. The van der Waals surface area contributed by atoms with Crippen LogP contribution >= 0.6 is 11.6 Å². The second kappa shape index (κ2) is 4.51. The molecule has 1 heterocycles. The first-order valence-corrected chi connectivity index (χ1v) is 5.18. The molecule has 0 saturated heterocycles. The summed E-state index contributed by atoms with van der Waals surface area (Å²) in [7, 11) is 0. The number of benzene rings is 1. The summed E-state index contributed by atoms with van der Waals surface area (Å²) < 4.78 is 5.36. The van der Waals surface area contributed by atoms with Crippen LogP contribution in [0.1, 0.15) is 17.2 Å². The highest BCUT2D eigenvalue weighted by molar-refractivity contribution is 6.30. The van der Waals surface area contributed by atoms with Crippen molar-refractivity contribution in [2.75, 3.05) is 6.54 Å². The van der Waals surface area contributed by atoms with Gasteiger partial charge in [0.15, 0.2) is 0 Å². The summed E-state index contributed by atoms with van der Waals surface area (Å²) in [6.45, 7) is 0.523. The van der Waals surface area contributed by atoms with E-state index < -0.39 is 0 Å². The molecule has 1 unspecified atom stereocenters. The molecular formula is C12H12ClNO. The monoisotopic (exact) mass is 221 g/mol. The van der Waals surface area contributed by atoms with Gasteiger partial charge in [-0.25, -0.2) is 0 Å². The molecule has 0 amide bonds. The largest absolute Gasteiger partial charge is 0.469 e. The van der Waals surface area contributed by atoms with Gasteiger partial charge in [0.2, 0.25) is 0 Å². The molecule has 15 heavy (non-hydrogen) atoms. The number of nitrogens with two attached hydrogens (primary N) is 1. The molecule has 0 radical (unpaired) electrons. The van der Waals surface area contributed by atoms with Gasteiger partial charge in [0.1, 0.15) is 5.76 Å². The van der Waals surface area contributed by atoms with Crippen LogP contribution in [0.4, 0.5) is 0 Å². The molecule has 2 nitrogen and oxygen atoms in total. The Kier molecular flexibility index (Phi) is 3.09. The second-order valence-electron chi connectivity index (χ2n) is 3.36. The Labute approximate surface area is 93.7 Å². The van der Waals surface area contributed by atoms with E-state index in [1.165, 1.54) is 0 Å². The minimum atomic E-state index is 0.109. The molecule has 3 heteroatoms. The van der Waals surface area contributed by atoms with Gasteiger partial charge in [-0.1, -0.05) is 23.7 Å². The highest BCUT2D eigenvalue weighted by Crippen LogP contribution is 2.24. The number of rotatable bonds is 3. The fourth-order valence-electron chi connectivity index (χ4n) is 1.60. The average Bonchev–Trinajstić information content (AvgIpc) is 2.75. The van der Waals surface area contributed by atoms with Crippen molar-refractivity contribution in [1.29, 1.82) is 0 Å². The molecule has 2 N–H and O–H groups in total. The van der Waals surface area contributed by atoms with E-state index in [-0.39, 0.29) is 5.92 Å². The fourth-order valence-corrected chi connectivity index (χ4v) is 1.73. The van der Waals surface area contributed by atoms with Crippen LogP contribution in [0.5, 0.6) is 0 Å². The third kappa shape index (κ3) is 2.22. The molecule has 2 rings (SSSR count). The van der Waals surface area contributed by atoms with Crippen LogP contribution in [-0.2, 0) is 0 Å². The normalized spacial score (nSPS) is 12.7. The van der Waals surface area contributed by atoms with Crippen LogP contribution in [-0.4, -0.2) is 6.54 Å². The molecular weight excluding hydrogens is 210 g/mol. The lowest BCUT2D eigenvalue weighted by atomic mass is 9.97. The second-order valence-corrected chi connectivity index (χ2v) is 3.79. The summed E-state index contributed by atoms with van der Waals surface area (Å²) in [4.78, 5) is 0. The first-order valence-electron chi connectivity index (χ1n) is 4.80. The third-order valence-electron chi connectivity index (χ3n) is 2.39. The minimum absolute atomic E-state index is 0.109. The average molecular weight is 222 g/mol. The Balaban J connectivity index is 2.31. The van der Waals surface area contributed by atoms with Gasteiger partial charge in [-0.2, -0.15) is 0 Å². The molecule has 1 aromatic carbocycles. The van der Waals surface area contributed by atoms with Gasteiger partial charge in [0.25, 0.3) is 0 Å².